The van der Waals surface area contributed by atoms with Crippen LogP contribution in [0.5, 0.6) is 0 Å². The number of aromatic nitrogens is 2. The lowest BCUT2D eigenvalue weighted by atomic mass is 10.1. The minimum atomic E-state index is 0.147. The Morgan fingerprint density at radius 1 is 1.35 bits per heavy atom. The van der Waals surface area contributed by atoms with E-state index in [1.165, 1.54) is 0 Å². The second kappa shape index (κ2) is 6.15. The molecule has 2 heterocycles. The first-order chi connectivity index (χ1) is 8.40. The molecule has 0 aliphatic carbocycles. The van der Waals surface area contributed by atoms with E-state index in [4.69, 9.17) is 4.42 Å². The van der Waals surface area contributed by atoms with Crippen LogP contribution >= 0.6 is 0 Å². The third-order valence-corrected chi connectivity index (χ3v) is 2.56. The van der Waals surface area contributed by atoms with Crippen LogP contribution in [0.1, 0.15) is 30.8 Å². The van der Waals surface area contributed by atoms with Gasteiger partial charge in [-0.25, -0.2) is 9.97 Å². The van der Waals surface area contributed by atoms with E-state index in [1.54, 1.807) is 24.9 Å². The molecular formula is C13H17N3O. The highest BCUT2D eigenvalue weighted by molar-refractivity contribution is 5.10. The van der Waals surface area contributed by atoms with Gasteiger partial charge in [-0.3, -0.25) is 0 Å². The average Bonchev–Trinajstić information content (AvgIpc) is 2.88. The number of hydrogen-bond acceptors (Lipinski definition) is 4. The zero-order valence-electron chi connectivity index (χ0n) is 9.97. The molecule has 17 heavy (non-hydrogen) atoms. The first-order valence-electron chi connectivity index (χ1n) is 5.91. The van der Waals surface area contributed by atoms with E-state index in [9.17, 15) is 0 Å². The zero-order chi connectivity index (χ0) is 11.9. The van der Waals surface area contributed by atoms with Crippen molar-refractivity contribution in [2.24, 2.45) is 0 Å². The molecule has 4 nitrogen and oxygen atoms in total. The van der Waals surface area contributed by atoms with Gasteiger partial charge in [-0.2, -0.15) is 0 Å². The molecule has 2 rings (SSSR count). The maximum Gasteiger partial charge on any atom is 0.145 e. The topological polar surface area (TPSA) is 51.0 Å². The van der Waals surface area contributed by atoms with Gasteiger partial charge in [0.05, 0.1) is 18.6 Å². The van der Waals surface area contributed by atoms with Crippen LogP contribution in [0.15, 0.2) is 41.5 Å². The van der Waals surface area contributed by atoms with Gasteiger partial charge in [0.15, 0.2) is 0 Å². The quantitative estimate of drug-likeness (QED) is 0.829. The average molecular weight is 231 g/mol. The number of furan rings is 1. The summed E-state index contributed by atoms with van der Waals surface area (Å²) in [6.07, 6.45) is 8.95. The highest BCUT2D eigenvalue weighted by atomic mass is 16.3. The molecule has 4 heteroatoms. The molecule has 2 aromatic heterocycles. The normalized spacial score (nSPS) is 12.5. The molecule has 90 valence electrons. The predicted molar refractivity (Wildman–Crippen MR) is 65.5 cm³/mol. The van der Waals surface area contributed by atoms with Crippen molar-refractivity contribution < 1.29 is 4.42 Å². The van der Waals surface area contributed by atoms with Crippen molar-refractivity contribution in [3.05, 3.63) is 48.4 Å². The zero-order valence-corrected chi connectivity index (χ0v) is 9.97. The summed E-state index contributed by atoms with van der Waals surface area (Å²) in [5.74, 6) is 0.835. The largest absolute Gasteiger partial charge is 0.472 e. The smallest absolute Gasteiger partial charge is 0.145 e. The van der Waals surface area contributed by atoms with E-state index in [1.807, 2.05) is 12.1 Å². The summed E-state index contributed by atoms with van der Waals surface area (Å²) >= 11 is 0. The van der Waals surface area contributed by atoms with Crippen LogP contribution in [0.25, 0.3) is 0 Å². The van der Waals surface area contributed by atoms with Crippen LogP contribution in [-0.4, -0.2) is 16.5 Å². The minimum Gasteiger partial charge on any atom is -0.472 e. The summed E-state index contributed by atoms with van der Waals surface area (Å²) in [4.78, 5) is 8.62. The number of hydrogen-bond donors (Lipinski definition) is 1. The van der Waals surface area contributed by atoms with Gasteiger partial charge >= 0.3 is 0 Å². The predicted octanol–water partition coefficient (Wildman–Crippen LogP) is 2.35. The SMILES string of the molecule is CCCNC(Cc1ccoc1)c1ncccn1. The molecule has 0 spiro atoms. The van der Waals surface area contributed by atoms with Crippen molar-refractivity contribution in [1.29, 1.82) is 0 Å². The van der Waals surface area contributed by atoms with Gasteiger partial charge in [0.25, 0.3) is 0 Å². The minimum absolute atomic E-state index is 0.147. The fourth-order valence-corrected chi connectivity index (χ4v) is 1.71. The summed E-state index contributed by atoms with van der Waals surface area (Å²) in [5.41, 5.74) is 1.16. The van der Waals surface area contributed by atoms with Crippen molar-refractivity contribution in [2.75, 3.05) is 6.54 Å². The van der Waals surface area contributed by atoms with Gasteiger partial charge in [0.2, 0.25) is 0 Å². The van der Waals surface area contributed by atoms with Gasteiger partial charge in [-0.1, -0.05) is 6.92 Å². The fourth-order valence-electron chi connectivity index (χ4n) is 1.71. The maximum absolute atomic E-state index is 5.09. The summed E-state index contributed by atoms with van der Waals surface area (Å²) in [7, 11) is 0. The van der Waals surface area contributed by atoms with Gasteiger partial charge < -0.3 is 9.73 Å². The van der Waals surface area contributed by atoms with E-state index in [2.05, 4.69) is 22.2 Å². The first kappa shape index (κ1) is 11.8. The van der Waals surface area contributed by atoms with E-state index in [0.29, 0.717) is 0 Å². The third-order valence-electron chi connectivity index (χ3n) is 2.56. The van der Waals surface area contributed by atoms with Crippen LogP contribution in [0.3, 0.4) is 0 Å². The van der Waals surface area contributed by atoms with Crippen LogP contribution in [0.4, 0.5) is 0 Å². The Labute approximate surface area is 101 Å². The van der Waals surface area contributed by atoms with Crippen LogP contribution in [0.2, 0.25) is 0 Å². The van der Waals surface area contributed by atoms with E-state index < -0.39 is 0 Å². The Hall–Kier alpha value is -1.68. The Balaban J connectivity index is 2.08. The maximum atomic E-state index is 5.09. The van der Waals surface area contributed by atoms with Crippen LogP contribution in [0, 0.1) is 0 Å². The standard InChI is InChI=1S/C13H17N3O/c1-2-5-14-12(9-11-4-8-17-10-11)13-15-6-3-7-16-13/h3-4,6-8,10,12,14H,2,5,9H2,1H3. The second-order valence-corrected chi connectivity index (χ2v) is 3.95. The lowest BCUT2D eigenvalue weighted by molar-refractivity contribution is 0.499. The molecule has 0 bridgehead atoms. The Bertz CT molecular complexity index is 413. The monoisotopic (exact) mass is 231 g/mol. The highest BCUT2D eigenvalue weighted by Crippen LogP contribution is 2.14. The third kappa shape index (κ3) is 3.39. The molecule has 0 saturated carbocycles. The molecule has 0 aliphatic heterocycles. The second-order valence-electron chi connectivity index (χ2n) is 3.95. The Kier molecular flexibility index (Phi) is 4.27. The van der Waals surface area contributed by atoms with Crippen molar-refractivity contribution in [3.63, 3.8) is 0 Å². The summed E-state index contributed by atoms with van der Waals surface area (Å²) in [5, 5.41) is 3.46. The number of rotatable bonds is 6. The first-order valence-corrected chi connectivity index (χ1v) is 5.91. The van der Waals surface area contributed by atoms with E-state index in [-0.39, 0.29) is 6.04 Å². The number of nitrogens with zero attached hydrogens (tertiary/aromatic N) is 2. The van der Waals surface area contributed by atoms with Gasteiger partial charge in [-0.05, 0) is 37.1 Å². The molecule has 0 aromatic carbocycles. The summed E-state index contributed by atoms with van der Waals surface area (Å²) in [6, 6.07) is 3.95. The van der Waals surface area contributed by atoms with Crippen molar-refractivity contribution in [3.8, 4) is 0 Å². The summed E-state index contributed by atoms with van der Waals surface area (Å²) < 4.78 is 5.09. The molecule has 2 aromatic rings. The Morgan fingerprint density at radius 3 is 2.82 bits per heavy atom. The van der Waals surface area contributed by atoms with Crippen LogP contribution in [-0.2, 0) is 6.42 Å². The van der Waals surface area contributed by atoms with Crippen LogP contribution < -0.4 is 5.32 Å². The molecule has 0 fully saturated rings. The van der Waals surface area contributed by atoms with Gasteiger partial charge in [0.1, 0.15) is 5.82 Å². The van der Waals surface area contributed by atoms with Crippen molar-refractivity contribution in [2.45, 2.75) is 25.8 Å². The fraction of sp³-hybridized carbons (Fsp3) is 0.385. The highest BCUT2D eigenvalue weighted by Gasteiger charge is 2.14. The number of nitrogens with one attached hydrogen (secondary N) is 1. The van der Waals surface area contributed by atoms with E-state index >= 15 is 0 Å². The molecule has 0 amide bonds. The lowest BCUT2D eigenvalue weighted by Crippen LogP contribution is -2.25. The molecular weight excluding hydrogens is 214 g/mol. The van der Waals surface area contributed by atoms with E-state index in [0.717, 1.165) is 30.8 Å². The van der Waals surface area contributed by atoms with Crippen molar-refractivity contribution in [1.82, 2.24) is 15.3 Å². The molecule has 1 atom stereocenters. The van der Waals surface area contributed by atoms with Gasteiger partial charge in [0, 0.05) is 12.4 Å². The van der Waals surface area contributed by atoms with Crippen molar-refractivity contribution >= 4 is 0 Å². The van der Waals surface area contributed by atoms with Gasteiger partial charge in [-0.15, -0.1) is 0 Å². The Morgan fingerprint density at radius 2 is 2.18 bits per heavy atom. The summed E-state index contributed by atoms with van der Waals surface area (Å²) in [6.45, 7) is 3.11. The molecule has 0 saturated heterocycles. The molecule has 1 unspecified atom stereocenters. The molecule has 0 aliphatic rings. The lowest BCUT2D eigenvalue weighted by Gasteiger charge is -2.15. The molecule has 1 N–H and O–H groups in total. The molecule has 0 radical (unpaired) electrons.